The van der Waals surface area contributed by atoms with Crippen LogP contribution in [0.1, 0.15) is 30.7 Å². The van der Waals surface area contributed by atoms with Crippen LogP contribution in [-0.4, -0.2) is 28.7 Å². The number of nitrogens with one attached hydrogen (secondary N) is 2. The summed E-state index contributed by atoms with van der Waals surface area (Å²) >= 11 is 1.40. The van der Waals surface area contributed by atoms with E-state index in [0.29, 0.717) is 17.6 Å². The Morgan fingerprint density at radius 2 is 2.50 bits per heavy atom. The molecule has 1 amide bonds. The monoisotopic (exact) mass is 240 g/mol. The second-order valence-electron chi connectivity index (χ2n) is 4.01. The van der Waals surface area contributed by atoms with E-state index in [0.717, 1.165) is 18.0 Å². The van der Waals surface area contributed by atoms with Crippen LogP contribution >= 0.6 is 11.3 Å². The van der Waals surface area contributed by atoms with Crippen LogP contribution in [0.4, 0.5) is 5.13 Å². The minimum atomic E-state index is 0.0323. The fourth-order valence-electron chi connectivity index (χ4n) is 1.84. The van der Waals surface area contributed by atoms with Crippen molar-refractivity contribution in [3.05, 3.63) is 5.01 Å². The van der Waals surface area contributed by atoms with Crippen LogP contribution in [0.5, 0.6) is 0 Å². The lowest BCUT2D eigenvalue weighted by molar-refractivity contribution is -0.116. The molecule has 1 atom stereocenters. The summed E-state index contributed by atoms with van der Waals surface area (Å²) in [5.41, 5.74) is 0. The minimum Gasteiger partial charge on any atom is -0.314 e. The maximum Gasteiger partial charge on any atom is 0.226 e. The van der Waals surface area contributed by atoms with Crippen molar-refractivity contribution in [2.75, 3.05) is 11.9 Å². The topological polar surface area (TPSA) is 66.9 Å². The van der Waals surface area contributed by atoms with E-state index >= 15 is 0 Å². The SMILES string of the molecule is Cc1nnc(NC(=O)CCC2CCCN2)s1. The number of carbonyl (C=O) groups excluding carboxylic acids is 1. The Hall–Kier alpha value is -1.01. The molecule has 5 nitrogen and oxygen atoms in total. The van der Waals surface area contributed by atoms with Crippen molar-refractivity contribution in [2.24, 2.45) is 0 Å². The molecule has 2 heterocycles. The van der Waals surface area contributed by atoms with Crippen molar-refractivity contribution in [3.63, 3.8) is 0 Å². The number of hydrogen-bond donors (Lipinski definition) is 2. The van der Waals surface area contributed by atoms with Crippen molar-refractivity contribution >= 4 is 22.4 Å². The van der Waals surface area contributed by atoms with Gasteiger partial charge < -0.3 is 10.6 Å². The van der Waals surface area contributed by atoms with Crippen molar-refractivity contribution in [3.8, 4) is 0 Å². The number of anilines is 1. The highest BCUT2D eigenvalue weighted by Gasteiger charge is 2.15. The molecule has 6 heteroatoms. The summed E-state index contributed by atoms with van der Waals surface area (Å²) in [5.74, 6) is 0.0323. The highest BCUT2D eigenvalue weighted by Crippen LogP contribution is 2.15. The lowest BCUT2D eigenvalue weighted by Gasteiger charge is -2.08. The zero-order chi connectivity index (χ0) is 11.4. The molecule has 0 radical (unpaired) electrons. The van der Waals surface area contributed by atoms with E-state index in [1.54, 1.807) is 0 Å². The first-order chi connectivity index (χ1) is 7.74. The highest BCUT2D eigenvalue weighted by atomic mass is 32.1. The third-order valence-electron chi connectivity index (χ3n) is 2.65. The molecular weight excluding hydrogens is 224 g/mol. The molecule has 1 aliphatic heterocycles. The maximum absolute atomic E-state index is 11.6. The van der Waals surface area contributed by atoms with Crippen molar-refractivity contribution in [2.45, 2.75) is 38.6 Å². The molecule has 1 fully saturated rings. The van der Waals surface area contributed by atoms with Crippen LogP contribution in [0.3, 0.4) is 0 Å². The van der Waals surface area contributed by atoms with Gasteiger partial charge in [-0.2, -0.15) is 0 Å². The first kappa shape index (κ1) is 11.5. The molecule has 0 aliphatic carbocycles. The van der Waals surface area contributed by atoms with Gasteiger partial charge in [0, 0.05) is 12.5 Å². The molecule has 1 saturated heterocycles. The molecule has 1 aromatic heterocycles. The quantitative estimate of drug-likeness (QED) is 0.833. The van der Waals surface area contributed by atoms with E-state index in [1.807, 2.05) is 6.92 Å². The summed E-state index contributed by atoms with van der Waals surface area (Å²) in [6, 6.07) is 0.516. The van der Waals surface area contributed by atoms with Gasteiger partial charge in [0.15, 0.2) is 0 Å². The van der Waals surface area contributed by atoms with Crippen LogP contribution in [0.25, 0.3) is 0 Å². The summed E-state index contributed by atoms with van der Waals surface area (Å²) in [6.07, 6.45) is 3.87. The van der Waals surface area contributed by atoms with Crippen LogP contribution < -0.4 is 10.6 Å². The molecule has 0 saturated carbocycles. The second kappa shape index (κ2) is 5.36. The van der Waals surface area contributed by atoms with Gasteiger partial charge in [-0.1, -0.05) is 11.3 Å². The molecule has 2 N–H and O–H groups in total. The first-order valence-corrected chi connectivity index (χ1v) is 6.39. The van der Waals surface area contributed by atoms with Gasteiger partial charge in [-0.3, -0.25) is 4.79 Å². The number of amides is 1. The third-order valence-corrected chi connectivity index (χ3v) is 3.41. The summed E-state index contributed by atoms with van der Waals surface area (Å²) < 4.78 is 0. The predicted octanol–water partition coefficient (Wildman–Crippen LogP) is 1.32. The van der Waals surface area contributed by atoms with Gasteiger partial charge in [-0.15, -0.1) is 10.2 Å². The third kappa shape index (κ3) is 3.24. The van der Waals surface area contributed by atoms with Crippen LogP contribution in [0.2, 0.25) is 0 Å². The fourth-order valence-corrected chi connectivity index (χ4v) is 2.45. The summed E-state index contributed by atoms with van der Waals surface area (Å²) in [7, 11) is 0. The lowest BCUT2D eigenvalue weighted by atomic mass is 10.1. The van der Waals surface area contributed by atoms with E-state index in [2.05, 4.69) is 20.8 Å². The molecule has 1 unspecified atom stereocenters. The average molecular weight is 240 g/mol. The summed E-state index contributed by atoms with van der Waals surface area (Å²) in [6.45, 7) is 2.96. The van der Waals surface area contributed by atoms with Gasteiger partial charge in [0.05, 0.1) is 0 Å². The Morgan fingerprint density at radius 3 is 3.12 bits per heavy atom. The van der Waals surface area contributed by atoms with Crippen molar-refractivity contribution in [1.82, 2.24) is 15.5 Å². The highest BCUT2D eigenvalue weighted by molar-refractivity contribution is 7.15. The largest absolute Gasteiger partial charge is 0.314 e. The normalized spacial score (nSPS) is 19.9. The van der Waals surface area contributed by atoms with E-state index in [9.17, 15) is 4.79 Å². The van der Waals surface area contributed by atoms with Crippen LogP contribution in [-0.2, 0) is 4.79 Å². The molecule has 16 heavy (non-hydrogen) atoms. The predicted molar refractivity (Wildman–Crippen MR) is 63.5 cm³/mol. The van der Waals surface area contributed by atoms with Gasteiger partial charge in [0.25, 0.3) is 0 Å². The molecular formula is C10H16N4OS. The Kier molecular flexibility index (Phi) is 3.84. The standard InChI is InChI=1S/C10H16N4OS/c1-7-13-14-10(16-7)12-9(15)5-4-8-3-2-6-11-8/h8,11H,2-6H2,1H3,(H,12,14,15). The second-order valence-corrected chi connectivity index (χ2v) is 5.19. The maximum atomic E-state index is 11.6. The molecule has 0 bridgehead atoms. The van der Waals surface area contributed by atoms with E-state index in [4.69, 9.17) is 0 Å². The van der Waals surface area contributed by atoms with Gasteiger partial charge in [-0.05, 0) is 32.7 Å². The average Bonchev–Trinajstić information content (AvgIpc) is 2.87. The zero-order valence-corrected chi connectivity index (χ0v) is 10.1. The van der Waals surface area contributed by atoms with Gasteiger partial charge in [0.2, 0.25) is 11.0 Å². The smallest absolute Gasteiger partial charge is 0.226 e. The zero-order valence-electron chi connectivity index (χ0n) is 9.32. The Labute approximate surface area is 98.7 Å². The number of aryl methyl sites for hydroxylation is 1. The Morgan fingerprint density at radius 1 is 1.62 bits per heavy atom. The van der Waals surface area contributed by atoms with Crippen molar-refractivity contribution in [1.29, 1.82) is 0 Å². The number of aromatic nitrogens is 2. The van der Waals surface area contributed by atoms with Crippen LogP contribution in [0, 0.1) is 6.92 Å². The Bertz CT molecular complexity index is 359. The van der Waals surface area contributed by atoms with E-state index < -0.39 is 0 Å². The first-order valence-electron chi connectivity index (χ1n) is 5.57. The van der Waals surface area contributed by atoms with E-state index in [-0.39, 0.29) is 5.91 Å². The number of carbonyl (C=O) groups is 1. The van der Waals surface area contributed by atoms with E-state index in [1.165, 1.54) is 24.2 Å². The number of nitrogens with zero attached hydrogens (tertiary/aromatic N) is 2. The molecule has 0 spiro atoms. The summed E-state index contributed by atoms with van der Waals surface area (Å²) in [4.78, 5) is 11.6. The Balaban J connectivity index is 1.71. The molecule has 1 aromatic rings. The minimum absolute atomic E-state index is 0.0323. The number of hydrogen-bond acceptors (Lipinski definition) is 5. The molecule has 2 rings (SSSR count). The van der Waals surface area contributed by atoms with Crippen molar-refractivity contribution < 1.29 is 4.79 Å². The molecule has 88 valence electrons. The lowest BCUT2D eigenvalue weighted by Crippen LogP contribution is -2.23. The van der Waals surface area contributed by atoms with Gasteiger partial charge >= 0.3 is 0 Å². The van der Waals surface area contributed by atoms with Gasteiger partial charge in [0.1, 0.15) is 5.01 Å². The number of rotatable bonds is 4. The summed E-state index contributed by atoms with van der Waals surface area (Å²) in [5, 5.41) is 15.3. The fraction of sp³-hybridized carbons (Fsp3) is 0.700. The van der Waals surface area contributed by atoms with Gasteiger partial charge in [-0.25, -0.2) is 0 Å². The molecule has 0 aromatic carbocycles. The molecule has 1 aliphatic rings. The van der Waals surface area contributed by atoms with Crippen LogP contribution in [0.15, 0.2) is 0 Å².